The average Bonchev–Trinajstić information content (AvgIpc) is 2.28. The summed E-state index contributed by atoms with van der Waals surface area (Å²) in [5, 5.41) is 11.7. The maximum atomic E-state index is 12.0. The predicted octanol–water partition coefficient (Wildman–Crippen LogP) is 2.39. The average molecular weight is 300 g/mol. The minimum Gasteiger partial charge on any atom is -0.481 e. The molecule has 0 radical (unpaired) electrons. The Labute approximate surface area is 128 Å². The van der Waals surface area contributed by atoms with E-state index in [4.69, 9.17) is 10.8 Å². The second-order valence-electron chi connectivity index (χ2n) is 7.92. The van der Waals surface area contributed by atoms with Crippen LogP contribution in [0.3, 0.4) is 0 Å². The molecule has 0 aliphatic heterocycles. The lowest BCUT2D eigenvalue weighted by molar-refractivity contribution is -0.137. The molecular formula is C16H32N2O3. The van der Waals surface area contributed by atoms with Crippen molar-refractivity contribution in [3.05, 3.63) is 0 Å². The number of amides is 1. The molecule has 0 aromatic carbocycles. The van der Waals surface area contributed by atoms with Crippen LogP contribution in [-0.4, -0.2) is 29.6 Å². The fourth-order valence-corrected chi connectivity index (χ4v) is 2.18. The third kappa shape index (κ3) is 8.05. The number of hydrogen-bond acceptors (Lipinski definition) is 3. The zero-order valence-corrected chi connectivity index (χ0v) is 14.3. The first-order chi connectivity index (χ1) is 9.35. The minimum atomic E-state index is -0.775. The standard InChI is InChI=1S/C16H32N2O3/c1-15(2,3)11(7-8-12(19)20)9-10-18-14(21)13(17)16(4,5)6/h11,13H,7-10,17H2,1-6H3,(H,18,21)(H,19,20). The summed E-state index contributed by atoms with van der Waals surface area (Å²) in [6.45, 7) is 12.6. The van der Waals surface area contributed by atoms with Crippen molar-refractivity contribution in [2.45, 2.75) is 66.8 Å². The molecule has 0 saturated heterocycles. The van der Waals surface area contributed by atoms with Gasteiger partial charge in [0, 0.05) is 13.0 Å². The van der Waals surface area contributed by atoms with E-state index in [1.807, 2.05) is 20.8 Å². The summed E-state index contributed by atoms with van der Waals surface area (Å²) in [5.74, 6) is -0.670. The van der Waals surface area contributed by atoms with E-state index in [1.54, 1.807) is 0 Å². The number of nitrogens with two attached hydrogens (primary N) is 1. The largest absolute Gasteiger partial charge is 0.481 e. The van der Waals surface area contributed by atoms with Gasteiger partial charge in [0.25, 0.3) is 0 Å². The SMILES string of the molecule is CC(C)(C)C(CCNC(=O)C(N)C(C)(C)C)CCC(=O)O. The summed E-state index contributed by atoms with van der Waals surface area (Å²) in [5.41, 5.74) is 5.66. The van der Waals surface area contributed by atoms with Gasteiger partial charge in [0.2, 0.25) is 5.91 Å². The Hall–Kier alpha value is -1.10. The highest BCUT2D eigenvalue weighted by atomic mass is 16.4. The first-order valence-electron chi connectivity index (χ1n) is 7.60. The summed E-state index contributed by atoms with van der Waals surface area (Å²) < 4.78 is 0. The molecule has 4 N–H and O–H groups in total. The molecule has 0 aromatic rings. The first-order valence-corrected chi connectivity index (χ1v) is 7.60. The molecule has 124 valence electrons. The van der Waals surface area contributed by atoms with E-state index in [9.17, 15) is 9.59 Å². The van der Waals surface area contributed by atoms with Crippen molar-refractivity contribution in [1.29, 1.82) is 0 Å². The van der Waals surface area contributed by atoms with E-state index in [-0.39, 0.29) is 29.1 Å². The van der Waals surface area contributed by atoms with Crippen LogP contribution >= 0.6 is 0 Å². The monoisotopic (exact) mass is 300 g/mol. The van der Waals surface area contributed by atoms with Crippen LogP contribution in [0.5, 0.6) is 0 Å². The summed E-state index contributed by atoms with van der Waals surface area (Å²) in [4.78, 5) is 22.7. The second-order valence-corrected chi connectivity index (χ2v) is 7.92. The third-order valence-electron chi connectivity index (χ3n) is 3.94. The number of hydrogen-bond donors (Lipinski definition) is 3. The van der Waals surface area contributed by atoms with Gasteiger partial charge in [-0.2, -0.15) is 0 Å². The van der Waals surface area contributed by atoms with Gasteiger partial charge in [-0.3, -0.25) is 9.59 Å². The van der Waals surface area contributed by atoms with Gasteiger partial charge in [-0.1, -0.05) is 41.5 Å². The molecule has 0 fully saturated rings. The number of aliphatic carboxylic acids is 1. The molecule has 2 unspecified atom stereocenters. The van der Waals surface area contributed by atoms with Crippen molar-refractivity contribution in [3.8, 4) is 0 Å². The Kier molecular flexibility index (Phi) is 7.37. The highest BCUT2D eigenvalue weighted by Gasteiger charge is 2.28. The highest BCUT2D eigenvalue weighted by Crippen LogP contribution is 2.32. The van der Waals surface area contributed by atoms with Gasteiger partial charge in [0.15, 0.2) is 0 Å². The quantitative estimate of drug-likeness (QED) is 0.673. The smallest absolute Gasteiger partial charge is 0.303 e. The molecule has 21 heavy (non-hydrogen) atoms. The van der Waals surface area contributed by atoms with E-state index in [1.165, 1.54) is 0 Å². The molecule has 5 nitrogen and oxygen atoms in total. The molecule has 1 amide bonds. The number of carboxylic acid groups (broad SMARTS) is 1. The zero-order valence-electron chi connectivity index (χ0n) is 14.3. The Bertz CT molecular complexity index is 354. The molecule has 0 rings (SSSR count). The van der Waals surface area contributed by atoms with Crippen molar-refractivity contribution < 1.29 is 14.7 Å². The van der Waals surface area contributed by atoms with Gasteiger partial charge in [0.1, 0.15) is 0 Å². The van der Waals surface area contributed by atoms with Gasteiger partial charge in [0.05, 0.1) is 6.04 Å². The normalized spacial score (nSPS) is 15.4. The van der Waals surface area contributed by atoms with E-state index in [2.05, 4.69) is 26.1 Å². The fourth-order valence-electron chi connectivity index (χ4n) is 2.18. The van der Waals surface area contributed by atoms with E-state index in [0.717, 1.165) is 6.42 Å². The van der Waals surface area contributed by atoms with Crippen molar-refractivity contribution in [2.75, 3.05) is 6.54 Å². The second kappa shape index (κ2) is 7.78. The van der Waals surface area contributed by atoms with Crippen LogP contribution in [0.15, 0.2) is 0 Å². The number of carbonyl (C=O) groups excluding carboxylic acids is 1. The molecular weight excluding hydrogens is 268 g/mol. The summed E-state index contributed by atoms with van der Waals surface area (Å²) in [6, 6.07) is -0.537. The van der Waals surface area contributed by atoms with Crippen LogP contribution in [0.1, 0.15) is 60.8 Å². The van der Waals surface area contributed by atoms with Crippen LogP contribution in [0, 0.1) is 16.7 Å². The van der Waals surface area contributed by atoms with Gasteiger partial charge >= 0.3 is 5.97 Å². The Morgan fingerprint density at radius 1 is 1.05 bits per heavy atom. The van der Waals surface area contributed by atoms with E-state index < -0.39 is 12.0 Å². The van der Waals surface area contributed by atoms with E-state index in [0.29, 0.717) is 13.0 Å². The first kappa shape index (κ1) is 19.9. The molecule has 0 heterocycles. The van der Waals surface area contributed by atoms with Crippen LogP contribution < -0.4 is 11.1 Å². The molecule has 0 spiro atoms. The maximum Gasteiger partial charge on any atom is 0.303 e. The van der Waals surface area contributed by atoms with Gasteiger partial charge < -0.3 is 16.2 Å². The Morgan fingerprint density at radius 3 is 1.95 bits per heavy atom. The number of rotatable bonds is 7. The summed E-state index contributed by atoms with van der Waals surface area (Å²) >= 11 is 0. The Balaban J connectivity index is 4.38. The van der Waals surface area contributed by atoms with Gasteiger partial charge in [-0.25, -0.2) is 0 Å². The molecule has 0 aliphatic carbocycles. The van der Waals surface area contributed by atoms with Gasteiger partial charge in [-0.05, 0) is 29.6 Å². The molecule has 2 atom stereocenters. The Morgan fingerprint density at radius 2 is 1.57 bits per heavy atom. The van der Waals surface area contributed by atoms with Crippen molar-refractivity contribution in [2.24, 2.45) is 22.5 Å². The van der Waals surface area contributed by atoms with Crippen molar-refractivity contribution in [3.63, 3.8) is 0 Å². The predicted molar refractivity (Wildman–Crippen MR) is 84.9 cm³/mol. The highest BCUT2D eigenvalue weighted by molar-refractivity contribution is 5.82. The molecule has 0 bridgehead atoms. The van der Waals surface area contributed by atoms with Crippen LogP contribution in [0.4, 0.5) is 0 Å². The number of nitrogens with one attached hydrogen (secondary N) is 1. The van der Waals surface area contributed by atoms with Crippen LogP contribution in [-0.2, 0) is 9.59 Å². The molecule has 5 heteroatoms. The fraction of sp³-hybridized carbons (Fsp3) is 0.875. The maximum absolute atomic E-state index is 12.0. The topological polar surface area (TPSA) is 92.4 Å². The number of carbonyl (C=O) groups is 2. The lowest BCUT2D eigenvalue weighted by atomic mass is 9.76. The molecule has 0 aliphatic rings. The zero-order chi connectivity index (χ0) is 16.8. The lowest BCUT2D eigenvalue weighted by Gasteiger charge is -2.31. The molecule has 0 saturated carbocycles. The lowest BCUT2D eigenvalue weighted by Crippen LogP contribution is -2.49. The van der Waals surface area contributed by atoms with Crippen LogP contribution in [0.25, 0.3) is 0 Å². The summed E-state index contributed by atoms with van der Waals surface area (Å²) in [7, 11) is 0. The van der Waals surface area contributed by atoms with E-state index >= 15 is 0 Å². The van der Waals surface area contributed by atoms with Crippen LogP contribution in [0.2, 0.25) is 0 Å². The minimum absolute atomic E-state index is 0.0202. The van der Waals surface area contributed by atoms with Crippen molar-refractivity contribution in [1.82, 2.24) is 5.32 Å². The third-order valence-corrected chi connectivity index (χ3v) is 3.94. The number of carboxylic acids is 1. The summed E-state index contributed by atoms with van der Waals surface area (Å²) in [6.07, 6.45) is 1.55. The van der Waals surface area contributed by atoms with Gasteiger partial charge in [-0.15, -0.1) is 0 Å². The molecule has 0 aromatic heterocycles. The van der Waals surface area contributed by atoms with Crippen molar-refractivity contribution >= 4 is 11.9 Å².